The predicted octanol–water partition coefficient (Wildman–Crippen LogP) is -1.07. The monoisotopic (exact) mass is 199 g/mol. The van der Waals surface area contributed by atoms with Crippen LogP contribution >= 0.6 is 0 Å². The van der Waals surface area contributed by atoms with Gasteiger partial charge in [-0.05, 0) is 38.9 Å². The number of nitrogens with zero attached hydrogens (tertiary/aromatic N) is 1. The van der Waals surface area contributed by atoms with Crippen molar-refractivity contribution in [2.75, 3.05) is 26.7 Å². The zero-order valence-electron chi connectivity index (χ0n) is 8.45. The maximum atomic E-state index is 10.9. The van der Waals surface area contributed by atoms with Crippen LogP contribution in [0, 0.1) is 5.92 Å². The lowest BCUT2D eigenvalue weighted by atomic mass is 9.97. The molecule has 1 aliphatic rings. The molecule has 3 N–H and O–H groups in total. The summed E-state index contributed by atoms with van der Waals surface area (Å²) in [7, 11) is 2.08. The molecule has 1 heterocycles. The van der Waals surface area contributed by atoms with E-state index in [0.717, 1.165) is 25.9 Å². The molecular formula is C9H17N3O2. The number of hydrogen-bond acceptors (Lipinski definition) is 3. The first-order valence-electron chi connectivity index (χ1n) is 4.85. The van der Waals surface area contributed by atoms with Gasteiger partial charge in [-0.1, -0.05) is 0 Å². The molecule has 5 heteroatoms. The Bertz CT molecular complexity index is 222. The molecule has 2 amide bonds. The third-order valence-corrected chi connectivity index (χ3v) is 2.61. The van der Waals surface area contributed by atoms with Crippen molar-refractivity contribution < 1.29 is 9.59 Å². The van der Waals surface area contributed by atoms with Crippen molar-refractivity contribution >= 4 is 11.8 Å². The fourth-order valence-electron chi connectivity index (χ4n) is 1.59. The molecule has 0 bridgehead atoms. The molecule has 0 aromatic carbocycles. The minimum atomic E-state index is -0.905. The van der Waals surface area contributed by atoms with Gasteiger partial charge in [0, 0.05) is 6.54 Å². The summed E-state index contributed by atoms with van der Waals surface area (Å²) in [5.74, 6) is -1.10. The first-order chi connectivity index (χ1) is 6.59. The minimum absolute atomic E-state index is 0.481. The second-order valence-corrected chi connectivity index (χ2v) is 3.82. The molecule has 0 aromatic rings. The first-order valence-corrected chi connectivity index (χ1v) is 4.85. The molecule has 0 radical (unpaired) electrons. The highest BCUT2D eigenvalue weighted by Gasteiger charge is 2.18. The number of amides is 2. The average Bonchev–Trinajstić information content (AvgIpc) is 2.16. The van der Waals surface area contributed by atoms with E-state index in [2.05, 4.69) is 17.3 Å². The van der Waals surface area contributed by atoms with Crippen LogP contribution in [0.25, 0.3) is 0 Å². The van der Waals surface area contributed by atoms with E-state index in [1.807, 2.05) is 0 Å². The van der Waals surface area contributed by atoms with Crippen LogP contribution in [0.3, 0.4) is 0 Å². The molecule has 1 aliphatic heterocycles. The van der Waals surface area contributed by atoms with E-state index in [9.17, 15) is 9.59 Å². The number of carbonyl (C=O) groups is 2. The van der Waals surface area contributed by atoms with Crippen LogP contribution in [-0.2, 0) is 9.59 Å². The van der Waals surface area contributed by atoms with Gasteiger partial charge in [-0.15, -0.1) is 0 Å². The molecule has 0 saturated carbocycles. The van der Waals surface area contributed by atoms with E-state index >= 15 is 0 Å². The Morgan fingerprint density at radius 2 is 2.00 bits per heavy atom. The van der Waals surface area contributed by atoms with Gasteiger partial charge >= 0.3 is 11.8 Å². The van der Waals surface area contributed by atoms with Crippen molar-refractivity contribution in [2.24, 2.45) is 11.7 Å². The highest BCUT2D eigenvalue weighted by atomic mass is 16.2. The van der Waals surface area contributed by atoms with Crippen LogP contribution in [0.2, 0.25) is 0 Å². The average molecular weight is 199 g/mol. The topological polar surface area (TPSA) is 75.4 Å². The maximum Gasteiger partial charge on any atom is 0.309 e. The predicted molar refractivity (Wildman–Crippen MR) is 52.4 cm³/mol. The lowest BCUT2D eigenvalue weighted by Gasteiger charge is -2.28. The van der Waals surface area contributed by atoms with Crippen molar-refractivity contribution in [3.05, 3.63) is 0 Å². The number of rotatable bonds is 2. The van der Waals surface area contributed by atoms with Gasteiger partial charge < -0.3 is 16.0 Å². The molecule has 0 atom stereocenters. The molecule has 1 rings (SSSR count). The van der Waals surface area contributed by atoms with Crippen molar-refractivity contribution in [2.45, 2.75) is 12.8 Å². The number of carbonyl (C=O) groups excluding carboxylic acids is 2. The first kappa shape index (κ1) is 11.0. The van der Waals surface area contributed by atoms with Crippen LogP contribution in [-0.4, -0.2) is 43.4 Å². The zero-order chi connectivity index (χ0) is 10.6. The van der Waals surface area contributed by atoms with Crippen LogP contribution in [0.15, 0.2) is 0 Å². The van der Waals surface area contributed by atoms with Gasteiger partial charge in [0.1, 0.15) is 0 Å². The summed E-state index contributed by atoms with van der Waals surface area (Å²) in [5.41, 5.74) is 4.81. The van der Waals surface area contributed by atoms with Gasteiger partial charge in [0.05, 0.1) is 0 Å². The highest BCUT2D eigenvalue weighted by molar-refractivity contribution is 6.34. The molecule has 14 heavy (non-hydrogen) atoms. The van der Waals surface area contributed by atoms with E-state index in [0.29, 0.717) is 12.5 Å². The Morgan fingerprint density at radius 1 is 1.43 bits per heavy atom. The van der Waals surface area contributed by atoms with E-state index in [1.54, 1.807) is 0 Å². The summed E-state index contributed by atoms with van der Waals surface area (Å²) in [5, 5.41) is 2.53. The largest absolute Gasteiger partial charge is 0.361 e. The number of nitrogens with one attached hydrogen (secondary N) is 1. The standard InChI is InChI=1S/C9H17N3O2/c1-12-4-2-7(3-5-12)6-11-9(14)8(10)13/h7H,2-6H2,1H3,(H2,10,13)(H,11,14). The number of hydrogen-bond donors (Lipinski definition) is 2. The van der Waals surface area contributed by atoms with Gasteiger partial charge in [-0.3, -0.25) is 9.59 Å². The van der Waals surface area contributed by atoms with E-state index in [1.165, 1.54) is 0 Å². The maximum absolute atomic E-state index is 10.9. The molecule has 1 saturated heterocycles. The van der Waals surface area contributed by atoms with Gasteiger partial charge in [-0.25, -0.2) is 0 Å². The van der Waals surface area contributed by atoms with Crippen LogP contribution in [0.4, 0.5) is 0 Å². The smallest absolute Gasteiger partial charge is 0.309 e. The third-order valence-electron chi connectivity index (χ3n) is 2.61. The van der Waals surface area contributed by atoms with E-state index in [4.69, 9.17) is 5.73 Å². The molecular weight excluding hydrogens is 182 g/mol. The normalized spacial score (nSPS) is 19.2. The molecule has 5 nitrogen and oxygen atoms in total. The second-order valence-electron chi connectivity index (χ2n) is 3.82. The Hall–Kier alpha value is -1.10. The molecule has 0 aliphatic carbocycles. The molecule has 0 aromatic heterocycles. The molecule has 0 unspecified atom stereocenters. The van der Waals surface area contributed by atoms with Gasteiger partial charge in [0.25, 0.3) is 0 Å². The number of nitrogens with two attached hydrogens (primary N) is 1. The van der Waals surface area contributed by atoms with E-state index in [-0.39, 0.29) is 0 Å². The molecule has 1 fully saturated rings. The summed E-state index contributed by atoms with van der Waals surface area (Å²) in [6.07, 6.45) is 2.13. The summed E-state index contributed by atoms with van der Waals surface area (Å²) in [6, 6.07) is 0. The van der Waals surface area contributed by atoms with Gasteiger partial charge in [-0.2, -0.15) is 0 Å². The summed E-state index contributed by atoms with van der Waals surface area (Å²) in [6.45, 7) is 2.67. The fourth-order valence-corrected chi connectivity index (χ4v) is 1.59. The van der Waals surface area contributed by atoms with Gasteiger partial charge in [0.15, 0.2) is 0 Å². The molecule has 0 spiro atoms. The summed E-state index contributed by atoms with van der Waals surface area (Å²) >= 11 is 0. The summed E-state index contributed by atoms with van der Waals surface area (Å²) in [4.78, 5) is 23.5. The van der Waals surface area contributed by atoms with Crippen LogP contribution < -0.4 is 11.1 Å². The number of likely N-dealkylation sites (tertiary alicyclic amines) is 1. The lowest BCUT2D eigenvalue weighted by Crippen LogP contribution is -2.41. The van der Waals surface area contributed by atoms with Crippen LogP contribution in [0.1, 0.15) is 12.8 Å². The minimum Gasteiger partial charge on any atom is -0.361 e. The van der Waals surface area contributed by atoms with Crippen molar-refractivity contribution in [3.8, 4) is 0 Å². The second kappa shape index (κ2) is 4.95. The van der Waals surface area contributed by atoms with Crippen LogP contribution in [0.5, 0.6) is 0 Å². The van der Waals surface area contributed by atoms with Crippen molar-refractivity contribution in [1.82, 2.24) is 10.2 Å². The van der Waals surface area contributed by atoms with Crippen molar-refractivity contribution in [1.29, 1.82) is 0 Å². The summed E-state index contributed by atoms with van der Waals surface area (Å²) < 4.78 is 0. The Labute approximate surface area is 83.6 Å². The number of primary amides is 1. The molecule has 80 valence electrons. The Kier molecular flexibility index (Phi) is 3.88. The fraction of sp³-hybridized carbons (Fsp3) is 0.778. The Balaban J connectivity index is 2.19. The zero-order valence-corrected chi connectivity index (χ0v) is 8.45. The van der Waals surface area contributed by atoms with Crippen molar-refractivity contribution in [3.63, 3.8) is 0 Å². The third kappa shape index (κ3) is 3.33. The van der Waals surface area contributed by atoms with Gasteiger partial charge in [0.2, 0.25) is 0 Å². The van der Waals surface area contributed by atoms with E-state index < -0.39 is 11.8 Å². The Morgan fingerprint density at radius 3 is 2.50 bits per heavy atom. The number of piperidine rings is 1. The highest BCUT2D eigenvalue weighted by Crippen LogP contribution is 2.14. The SMILES string of the molecule is CN1CCC(CNC(=O)C(N)=O)CC1. The lowest BCUT2D eigenvalue weighted by molar-refractivity contribution is -0.137. The quantitative estimate of drug-likeness (QED) is 0.556.